The number of aliphatic imine (C=N–C) groups is 1. The summed E-state index contributed by atoms with van der Waals surface area (Å²) < 4.78 is 0. The molecular weight excluding hydrogens is 158 g/mol. The average Bonchev–Trinajstić information content (AvgIpc) is 2.55. The van der Waals surface area contributed by atoms with Crippen LogP contribution in [-0.2, 0) is 0 Å². The summed E-state index contributed by atoms with van der Waals surface area (Å²) in [5, 5.41) is 3.17. The van der Waals surface area contributed by atoms with E-state index in [9.17, 15) is 0 Å². The molecule has 58 valence electrons. The van der Waals surface area contributed by atoms with Gasteiger partial charge in [0.1, 0.15) is 5.82 Å². The molecule has 4 heteroatoms. The summed E-state index contributed by atoms with van der Waals surface area (Å²) in [4.78, 5) is 10.5. The molecule has 1 aromatic rings. The van der Waals surface area contributed by atoms with Crippen molar-refractivity contribution >= 4 is 23.5 Å². The molecule has 0 radical (unpaired) electrons. The lowest BCUT2D eigenvalue weighted by atomic mass is 10.6. The van der Waals surface area contributed by atoms with Crippen LogP contribution in [0.25, 0.3) is 0 Å². The molecule has 0 amide bonds. The first-order valence-corrected chi connectivity index (χ1v) is 4.43. The zero-order valence-electron chi connectivity index (χ0n) is 6.32. The van der Waals surface area contributed by atoms with Gasteiger partial charge in [-0.2, -0.15) is 0 Å². The molecule has 0 spiro atoms. The maximum atomic E-state index is 4.35. The monoisotopic (exact) mass is 167 g/mol. The maximum Gasteiger partial charge on any atom is 0.145 e. The summed E-state index contributed by atoms with van der Waals surface area (Å²) in [5.74, 6) is 1.04. The Morgan fingerprint density at radius 3 is 3.09 bits per heavy atom. The van der Waals surface area contributed by atoms with Crippen LogP contribution in [0.3, 0.4) is 0 Å². The van der Waals surface area contributed by atoms with Crippen molar-refractivity contribution in [2.75, 3.05) is 18.0 Å². The van der Waals surface area contributed by atoms with Crippen LogP contribution in [0.4, 0.5) is 5.82 Å². The third-order valence-corrected chi connectivity index (χ3v) is 2.35. The van der Waals surface area contributed by atoms with E-state index in [4.69, 9.17) is 0 Å². The van der Waals surface area contributed by atoms with Crippen LogP contribution in [0.5, 0.6) is 0 Å². The van der Waals surface area contributed by atoms with Crippen molar-refractivity contribution in [3.63, 3.8) is 0 Å². The number of aromatic nitrogens is 1. The Morgan fingerprint density at radius 1 is 1.64 bits per heavy atom. The van der Waals surface area contributed by atoms with E-state index in [0.717, 1.165) is 23.9 Å². The molecule has 3 nitrogen and oxygen atoms in total. The fraction of sp³-hybridized carbons (Fsp3) is 0.429. The van der Waals surface area contributed by atoms with Crippen LogP contribution in [0.2, 0.25) is 0 Å². The van der Waals surface area contributed by atoms with Crippen LogP contribution in [0.1, 0.15) is 5.01 Å². The van der Waals surface area contributed by atoms with Gasteiger partial charge in [0.05, 0.1) is 17.9 Å². The predicted molar refractivity (Wildman–Crippen MR) is 47.6 cm³/mol. The minimum absolute atomic E-state index is 0.899. The summed E-state index contributed by atoms with van der Waals surface area (Å²) >= 11 is 1.68. The molecular formula is C7H9N3S. The van der Waals surface area contributed by atoms with Gasteiger partial charge < -0.3 is 4.90 Å². The predicted octanol–water partition coefficient (Wildman–Crippen LogP) is 1.30. The molecule has 0 aromatic carbocycles. The molecule has 0 unspecified atom stereocenters. The number of nitrogens with zero attached hydrogens (tertiary/aromatic N) is 3. The van der Waals surface area contributed by atoms with Crippen LogP contribution in [0, 0.1) is 6.92 Å². The van der Waals surface area contributed by atoms with Gasteiger partial charge in [0.25, 0.3) is 0 Å². The minimum atomic E-state index is 0.899. The number of thiazole rings is 1. The lowest BCUT2D eigenvalue weighted by molar-refractivity contribution is 1.00. The highest BCUT2D eigenvalue weighted by molar-refractivity contribution is 7.09. The smallest absolute Gasteiger partial charge is 0.145 e. The van der Waals surface area contributed by atoms with Crippen LogP contribution >= 0.6 is 11.3 Å². The molecule has 1 aromatic heterocycles. The molecule has 11 heavy (non-hydrogen) atoms. The van der Waals surface area contributed by atoms with E-state index in [-0.39, 0.29) is 0 Å². The topological polar surface area (TPSA) is 28.5 Å². The third-order valence-electron chi connectivity index (χ3n) is 1.59. The molecule has 0 atom stereocenters. The van der Waals surface area contributed by atoms with E-state index in [0.29, 0.717) is 0 Å². The van der Waals surface area contributed by atoms with Crippen LogP contribution in [0.15, 0.2) is 10.4 Å². The molecule has 0 N–H and O–H groups in total. The second kappa shape index (κ2) is 2.62. The number of anilines is 1. The van der Waals surface area contributed by atoms with E-state index >= 15 is 0 Å². The van der Waals surface area contributed by atoms with E-state index < -0.39 is 0 Å². The Bertz CT molecular complexity index is 279. The normalized spacial score (nSPS) is 16.3. The molecule has 0 saturated carbocycles. The fourth-order valence-corrected chi connectivity index (χ4v) is 1.65. The largest absolute Gasteiger partial charge is 0.315 e. The number of hydrogen-bond donors (Lipinski definition) is 0. The van der Waals surface area contributed by atoms with E-state index in [1.165, 1.54) is 0 Å². The van der Waals surface area contributed by atoms with Gasteiger partial charge in [-0.1, -0.05) is 0 Å². The maximum absolute atomic E-state index is 4.35. The lowest BCUT2D eigenvalue weighted by Gasteiger charge is -2.08. The van der Waals surface area contributed by atoms with Gasteiger partial charge in [-0.3, -0.25) is 4.99 Å². The molecule has 2 heterocycles. The van der Waals surface area contributed by atoms with Gasteiger partial charge >= 0.3 is 0 Å². The second-order valence-corrected chi connectivity index (χ2v) is 3.50. The third kappa shape index (κ3) is 1.26. The van der Waals surface area contributed by atoms with Gasteiger partial charge in [0.2, 0.25) is 0 Å². The Kier molecular flexibility index (Phi) is 1.62. The zero-order valence-corrected chi connectivity index (χ0v) is 7.14. The highest BCUT2D eigenvalue weighted by atomic mass is 32.1. The van der Waals surface area contributed by atoms with Gasteiger partial charge in [0, 0.05) is 11.9 Å². The first-order valence-electron chi connectivity index (χ1n) is 3.55. The second-order valence-electron chi connectivity index (χ2n) is 2.44. The summed E-state index contributed by atoms with van der Waals surface area (Å²) in [6.07, 6.45) is 1.86. The Morgan fingerprint density at radius 2 is 2.55 bits per heavy atom. The Balaban J connectivity index is 2.22. The van der Waals surface area contributed by atoms with Crippen LogP contribution < -0.4 is 4.90 Å². The molecule has 0 saturated heterocycles. The van der Waals surface area contributed by atoms with Crippen molar-refractivity contribution in [2.24, 2.45) is 4.99 Å². The number of hydrogen-bond acceptors (Lipinski definition) is 4. The highest BCUT2D eigenvalue weighted by Gasteiger charge is 2.09. The SMILES string of the molecule is Cc1nc(N2C=NCC2)cs1. The van der Waals surface area contributed by atoms with Crippen molar-refractivity contribution in [3.8, 4) is 0 Å². The van der Waals surface area contributed by atoms with Crippen LogP contribution in [-0.4, -0.2) is 24.4 Å². The van der Waals surface area contributed by atoms with E-state index in [1.54, 1.807) is 11.3 Å². The van der Waals surface area contributed by atoms with E-state index in [1.807, 2.05) is 13.3 Å². The Labute approximate surface area is 69.4 Å². The molecule has 1 aliphatic rings. The van der Waals surface area contributed by atoms with Gasteiger partial charge in [0.15, 0.2) is 0 Å². The summed E-state index contributed by atoms with van der Waals surface area (Å²) in [6.45, 7) is 3.89. The molecule has 0 fully saturated rings. The first-order chi connectivity index (χ1) is 5.36. The Hall–Kier alpha value is -0.900. The minimum Gasteiger partial charge on any atom is -0.315 e. The number of rotatable bonds is 1. The highest BCUT2D eigenvalue weighted by Crippen LogP contribution is 2.17. The average molecular weight is 167 g/mol. The lowest BCUT2D eigenvalue weighted by Crippen LogP contribution is -2.18. The summed E-state index contributed by atoms with van der Waals surface area (Å²) in [6, 6.07) is 0. The standard InChI is InChI=1S/C7H9N3S/c1-6-9-7(4-11-6)10-3-2-8-5-10/h4-5H,2-3H2,1H3. The first kappa shape index (κ1) is 6.79. The van der Waals surface area contributed by atoms with Crippen molar-refractivity contribution in [1.82, 2.24) is 4.98 Å². The molecule has 0 bridgehead atoms. The fourth-order valence-electron chi connectivity index (χ4n) is 1.04. The van der Waals surface area contributed by atoms with Gasteiger partial charge in [-0.05, 0) is 6.92 Å². The molecule has 1 aliphatic heterocycles. The van der Waals surface area contributed by atoms with Gasteiger partial charge in [-0.15, -0.1) is 11.3 Å². The van der Waals surface area contributed by atoms with E-state index in [2.05, 4.69) is 20.3 Å². The number of aryl methyl sites for hydroxylation is 1. The summed E-state index contributed by atoms with van der Waals surface area (Å²) in [7, 11) is 0. The molecule has 2 rings (SSSR count). The van der Waals surface area contributed by atoms with Crippen molar-refractivity contribution in [3.05, 3.63) is 10.4 Å². The zero-order chi connectivity index (χ0) is 7.68. The quantitative estimate of drug-likeness (QED) is 0.630. The van der Waals surface area contributed by atoms with Crippen molar-refractivity contribution in [2.45, 2.75) is 6.92 Å². The van der Waals surface area contributed by atoms with Gasteiger partial charge in [-0.25, -0.2) is 4.98 Å². The van der Waals surface area contributed by atoms with Crippen molar-refractivity contribution in [1.29, 1.82) is 0 Å². The van der Waals surface area contributed by atoms with Crippen molar-refractivity contribution < 1.29 is 0 Å². The molecule has 0 aliphatic carbocycles. The summed E-state index contributed by atoms with van der Waals surface area (Å²) in [5.41, 5.74) is 0.